The number of thioether (sulfide) groups is 1. The molecule has 0 spiro atoms. The van der Waals surface area contributed by atoms with E-state index in [1.807, 2.05) is 91.0 Å². The van der Waals surface area contributed by atoms with Gasteiger partial charge in [-0.05, 0) is 59.8 Å². The van der Waals surface area contributed by atoms with Crippen LogP contribution in [-0.2, 0) is 4.79 Å². The van der Waals surface area contributed by atoms with Crippen LogP contribution in [0.1, 0.15) is 5.56 Å². The van der Waals surface area contributed by atoms with Gasteiger partial charge in [-0.25, -0.2) is 4.99 Å². The van der Waals surface area contributed by atoms with Crippen LogP contribution >= 0.6 is 11.8 Å². The SMILES string of the molecule is COc1cccc(/C=C2/SC(=Nc3ccccc3)N(c3ccccc3)C2=O)c1. The van der Waals surface area contributed by atoms with E-state index in [0.29, 0.717) is 10.1 Å². The van der Waals surface area contributed by atoms with E-state index in [9.17, 15) is 4.79 Å². The first-order valence-corrected chi connectivity index (χ1v) is 9.63. The number of carbonyl (C=O) groups is 1. The van der Waals surface area contributed by atoms with E-state index >= 15 is 0 Å². The number of benzene rings is 3. The Labute approximate surface area is 168 Å². The lowest BCUT2D eigenvalue weighted by Gasteiger charge is -2.15. The van der Waals surface area contributed by atoms with Crippen LogP contribution in [-0.4, -0.2) is 18.2 Å². The summed E-state index contributed by atoms with van der Waals surface area (Å²) in [6.07, 6.45) is 1.87. The summed E-state index contributed by atoms with van der Waals surface area (Å²) in [4.78, 5) is 20.2. The van der Waals surface area contributed by atoms with Crippen molar-refractivity contribution >= 4 is 40.3 Å². The summed E-state index contributed by atoms with van der Waals surface area (Å²) in [5.74, 6) is 0.664. The van der Waals surface area contributed by atoms with Crippen LogP contribution in [0.25, 0.3) is 6.08 Å². The summed E-state index contributed by atoms with van der Waals surface area (Å²) in [6.45, 7) is 0. The second kappa shape index (κ2) is 8.15. The van der Waals surface area contributed by atoms with E-state index in [4.69, 9.17) is 9.73 Å². The fourth-order valence-corrected chi connectivity index (χ4v) is 3.85. The lowest BCUT2D eigenvalue weighted by molar-refractivity contribution is -0.113. The number of rotatable bonds is 4. The predicted molar refractivity (Wildman–Crippen MR) is 116 cm³/mol. The van der Waals surface area contributed by atoms with Crippen molar-refractivity contribution in [3.05, 3.63) is 95.4 Å². The molecular formula is C23H18N2O2S. The number of aliphatic imine (C=N–C) groups is 1. The number of nitrogens with zero attached hydrogens (tertiary/aromatic N) is 2. The van der Waals surface area contributed by atoms with Gasteiger partial charge in [-0.3, -0.25) is 9.69 Å². The van der Waals surface area contributed by atoms with Crippen molar-refractivity contribution in [3.8, 4) is 5.75 Å². The average Bonchev–Trinajstić information content (AvgIpc) is 3.04. The Hall–Kier alpha value is -3.31. The zero-order valence-corrected chi connectivity index (χ0v) is 16.1. The molecule has 1 fully saturated rings. The quantitative estimate of drug-likeness (QED) is 0.556. The highest BCUT2D eigenvalue weighted by atomic mass is 32.2. The van der Waals surface area contributed by atoms with Gasteiger partial charge >= 0.3 is 0 Å². The molecule has 3 aromatic carbocycles. The Morgan fingerprint density at radius 2 is 1.64 bits per heavy atom. The lowest BCUT2D eigenvalue weighted by Crippen LogP contribution is -2.28. The minimum absolute atomic E-state index is 0.0892. The molecule has 4 rings (SSSR count). The number of methoxy groups -OCH3 is 1. The number of hydrogen-bond donors (Lipinski definition) is 0. The molecular weight excluding hydrogens is 368 g/mol. The van der Waals surface area contributed by atoms with Gasteiger partial charge in [0, 0.05) is 0 Å². The normalized spacial score (nSPS) is 16.8. The second-order valence-corrected chi connectivity index (χ2v) is 7.10. The summed E-state index contributed by atoms with van der Waals surface area (Å²) < 4.78 is 5.28. The highest BCUT2D eigenvalue weighted by molar-refractivity contribution is 8.19. The highest BCUT2D eigenvalue weighted by Crippen LogP contribution is 2.37. The molecule has 0 unspecified atom stereocenters. The monoisotopic (exact) mass is 386 g/mol. The molecule has 1 heterocycles. The van der Waals surface area contributed by atoms with Gasteiger partial charge in [0.2, 0.25) is 0 Å². The van der Waals surface area contributed by atoms with Crippen molar-refractivity contribution in [2.24, 2.45) is 4.99 Å². The van der Waals surface area contributed by atoms with Crippen LogP contribution in [0, 0.1) is 0 Å². The molecule has 3 aromatic rings. The number of carbonyl (C=O) groups excluding carboxylic acids is 1. The molecule has 0 radical (unpaired) electrons. The van der Waals surface area contributed by atoms with Gasteiger partial charge in [0.25, 0.3) is 5.91 Å². The van der Waals surface area contributed by atoms with Crippen LogP contribution in [0.2, 0.25) is 0 Å². The first-order chi connectivity index (χ1) is 13.7. The first-order valence-electron chi connectivity index (χ1n) is 8.81. The largest absolute Gasteiger partial charge is 0.497 e. The van der Waals surface area contributed by atoms with E-state index < -0.39 is 0 Å². The van der Waals surface area contributed by atoms with Gasteiger partial charge in [-0.15, -0.1) is 0 Å². The maximum Gasteiger partial charge on any atom is 0.271 e. The smallest absolute Gasteiger partial charge is 0.271 e. The molecule has 0 atom stereocenters. The Morgan fingerprint density at radius 1 is 0.929 bits per heavy atom. The minimum atomic E-state index is -0.0892. The number of amidine groups is 1. The Kier molecular flexibility index (Phi) is 5.26. The van der Waals surface area contributed by atoms with E-state index in [1.165, 1.54) is 11.8 Å². The molecule has 0 N–H and O–H groups in total. The fourth-order valence-electron chi connectivity index (χ4n) is 2.85. The van der Waals surface area contributed by atoms with Gasteiger partial charge in [0.15, 0.2) is 5.17 Å². The maximum atomic E-state index is 13.2. The second-order valence-electron chi connectivity index (χ2n) is 6.09. The minimum Gasteiger partial charge on any atom is -0.497 e. The van der Waals surface area contributed by atoms with Crippen molar-refractivity contribution < 1.29 is 9.53 Å². The van der Waals surface area contributed by atoms with E-state index in [2.05, 4.69) is 0 Å². The molecule has 1 aliphatic rings. The standard InChI is InChI=1S/C23H18N2O2S/c1-27-20-14-8-9-17(15-20)16-21-22(26)25(19-12-6-3-7-13-19)23(28-21)24-18-10-4-2-5-11-18/h2-16H,1H3/b21-16+,24-23?. The third-order valence-electron chi connectivity index (χ3n) is 4.19. The third kappa shape index (κ3) is 3.85. The van der Waals surface area contributed by atoms with Crippen LogP contribution in [0.15, 0.2) is 94.8 Å². The molecule has 4 nitrogen and oxygen atoms in total. The molecule has 138 valence electrons. The highest BCUT2D eigenvalue weighted by Gasteiger charge is 2.34. The van der Waals surface area contributed by atoms with Gasteiger partial charge in [0.05, 0.1) is 23.4 Å². The summed E-state index contributed by atoms with van der Waals surface area (Å²) >= 11 is 1.37. The topological polar surface area (TPSA) is 41.9 Å². The summed E-state index contributed by atoms with van der Waals surface area (Å²) in [5, 5.41) is 0.636. The third-order valence-corrected chi connectivity index (χ3v) is 5.16. The molecule has 1 amide bonds. The number of ether oxygens (including phenoxy) is 1. The van der Waals surface area contributed by atoms with E-state index in [1.54, 1.807) is 12.0 Å². The van der Waals surface area contributed by atoms with E-state index in [-0.39, 0.29) is 5.91 Å². The molecule has 5 heteroatoms. The summed E-state index contributed by atoms with van der Waals surface area (Å²) in [6, 6.07) is 26.9. The number of para-hydroxylation sites is 2. The van der Waals surface area contributed by atoms with Gasteiger partial charge in [-0.1, -0.05) is 48.5 Å². The number of anilines is 1. The Balaban J connectivity index is 1.76. The molecule has 1 aliphatic heterocycles. The van der Waals surface area contributed by atoms with Gasteiger partial charge < -0.3 is 4.74 Å². The van der Waals surface area contributed by atoms with Gasteiger partial charge in [0.1, 0.15) is 5.75 Å². The molecule has 0 saturated carbocycles. The van der Waals surface area contributed by atoms with E-state index in [0.717, 1.165) is 22.7 Å². The van der Waals surface area contributed by atoms with Crippen molar-refractivity contribution in [3.63, 3.8) is 0 Å². The van der Waals surface area contributed by atoms with Crippen LogP contribution in [0.5, 0.6) is 5.75 Å². The van der Waals surface area contributed by atoms with Crippen LogP contribution in [0.4, 0.5) is 11.4 Å². The molecule has 1 saturated heterocycles. The van der Waals surface area contributed by atoms with Crippen molar-refractivity contribution in [2.75, 3.05) is 12.0 Å². The average molecular weight is 386 g/mol. The number of hydrogen-bond acceptors (Lipinski definition) is 4. The predicted octanol–water partition coefficient (Wildman–Crippen LogP) is 5.50. The maximum absolute atomic E-state index is 13.2. The van der Waals surface area contributed by atoms with Crippen molar-refractivity contribution in [1.29, 1.82) is 0 Å². The number of amides is 1. The molecule has 28 heavy (non-hydrogen) atoms. The lowest BCUT2D eigenvalue weighted by atomic mass is 10.2. The van der Waals surface area contributed by atoms with Crippen molar-refractivity contribution in [2.45, 2.75) is 0 Å². The Morgan fingerprint density at radius 3 is 2.36 bits per heavy atom. The molecule has 0 aliphatic carbocycles. The Bertz CT molecular complexity index is 1050. The van der Waals surface area contributed by atoms with Crippen molar-refractivity contribution in [1.82, 2.24) is 0 Å². The summed E-state index contributed by atoms with van der Waals surface area (Å²) in [5.41, 5.74) is 2.51. The fraction of sp³-hybridized carbons (Fsp3) is 0.0435. The zero-order valence-electron chi connectivity index (χ0n) is 15.3. The van der Waals surface area contributed by atoms with Gasteiger partial charge in [-0.2, -0.15) is 0 Å². The molecule has 0 bridgehead atoms. The van der Waals surface area contributed by atoms with Crippen LogP contribution < -0.4 is 9.64 Å². The summed E-state index contributed by atoms with van der Waals surface area (Å²) in [7, 11) is 1.63. The first kappa shape index (κ1) is 18.1. The zero-order chi connectivity index (χ0) is 19.3. The van der Waals surface area contributed by atoms with Crippen LogP contribution in [0.3, 0.4) is 0 Å². The molecule has 0 aromatic heterocycles.